The van der Waals surface area contributed by atoms with Crippen LogP contribution in [0.4, 0.5) is 0 Å². The van der Waals surface area contributed by atoms with Crippen LogP contribution in [0.2, 0.25) is 0 Å². The van der Waals surface area contributed by atoms with Gasteiger partial charge in [0.25, 0.3) is 0 Å². The zero-order valence-electron chi connectivity index (χ0n) is 11.2. The molecule has 1 aromatic rings. The van der Waals surface area contributed by atoms with E-state index in [0.29, 0.717) is 5.75 Å². The molecule has 0 aliphatic heterocycles. The second-order valence-electron chi connectivity index (χ2n) is 5.61. The van der Waals surface area contributed by atoms with Gasteiger partial charge in [-0.15, -0.1) is 0 Å². The number of aryl methyl sites for hydroxylation is 1. The highest BCUT2D eigenvalue weighted by molar-refractivity contribution is 5.81. The summed E-state index contributed by atoms with van der Waals surface area (Å²) in [6, 6.07) is 3.69. The van der Waals surface area contributed by atoms with Gasteiger partial charge in [0.05, 0.1) is 5.92 Å². The van der Waals surface area contributed by atoms with E-state index in [0.717, 1.165) is 16.7 Å². The molecule has 3 nitrogen and oxygen atoms in total. The Labute approximate surface area is 103 Å². The van der Waals surface area contributed by atoms with E-state index in [2.05, 4.69) is 0 Å². The van der Waals surface area contributed by atoms with Gasteiger partial charge in [0.1, 0.15) is 5.75 Å². The van der Waals surface area contributed by atoms with Crippen molar-refractivity contribution in [2.45, 2.75) is 46.0 Å². The van der Waals surface area contributed by atoms with E-state index in [9.17, 15) is 9.90 Å². The molecule has 0 bridgehead atoms. The molecule has 0 spiro atoms. The third-order valence-corrected chi connectivity index (χ3v) is 3.06. The smallest absolute Gasteiger partial charge is 0.224 e. The van der Waals surface area contributed by atoms with Crippen LogP contribution in [-0.4, -0.2) is 11.0 Å². The summed E-state index contributed by atoms with van der Waals surface area (Å²) in [5.41, 5.74) is 7.63. The summed E-state index contributed by atoms with van der Waals surface area (Å²) in [7, 11) is 0. The molecule has 3 heteroatoms. The average molecular weight is 235 g/mol. The van der Waals surface area contributed by atoms with Crippen molar-refractivity contribution in [3.63, 3.8) is 0 Å². The number of aromatic hydroxyl groups is 1. The summed E-state index contributed by atoms with van der Waals surface area (Å²) < 4.78 is 0. The number of phenolic OH excluding ortho intramolecular Hbond substituents is 1. The molecule has 0 aliphatic rings. The van der Waals surface area contributed by atoms with E-state index in [1.54, 1.807) is 6.92 Å². The molecule has 3 N–H and O–H groups in total. The van der Waals surface area contributed by atoms with E-state index >= 15 is 0 Å². The van der Waals surface area contributed by atoms with Gasteiger partial charge in [-0.05, 0) is 36.0 Å². The number of phenols is 1. The second kappa shape index (κ2) is 4.40. The minimum atomic E-state index is -0.352. The number of benzene rings is 1. The molecule has 0 aromatic heterocycles. The number of rotatable bonds is 2. The van der Waals surface area contributed by atoms with Crippen LogP contribution in [0.5, 0.6) is 5.75 Å². The molecule has 0 saturated heterocycles. The van der Waals surface area contributed by atoms with Crippen LogP contribution >= 0.6 is 0 Å². The highest BCUT2D eigenvalue weighted by Crippen LogP contribution is 2.35. The largest absolute Gasteiger partial charge is 0.507 e. The summed E-state index contributed by atoms with van der Waals surface area (Å²) in [6.45, 7) is 9.70. The van der Waals surface area contributed by atoms with Crippen LogP contribution in [-0.2, 0) is 10.2 Å². The first-order valence-electron chi connectivity index (χ1n) is 5.78. The van der Waals surface area contributed by atoms with E-state index in [-0.39, 0.29) is 17.2 Å². The van der Waals surface area contributed by atoms with Gasteiger partial charge in [-0.2, -0.15) is 0 Å². The van der Waals surface area contributed by atoms with Crippen LogP contribution < -0.4 is 5.73 Å². The molecular formula is C14H21NO2. The monoisotopic (exact) mass is 235 g/mol. The SMILES string of the molecule is Cc1cc(C(C)C(N)=O)cc(C(C)(C)C)c1O. The van der Waals surface area contributed by atoms with Crippen molar-refractivity contribution < 1.29 is 9.90 Å². The Kier molecular flexibility index (Phi) is 3.51. The van der Waals surface area contributed by atoms with Gasteiger partial charge >= 0.3 is 0 Å². The number of hydrogen-bond donors (Lipinski definition) is 2. The number of amides is 1. The second-order valence-corrected chi connectivity index (χ2v) is 5.61. The molecular weight excluding hydrogens is 214 g/mol. The molecule has 0 radical (unpaired) electrons. The summed E-state index contributed by atoms with van der Waals surface area (Å²) in [5.74, 6) is -0.386. The predicted octanol–water partition coefficient (Wildman–Crippen LogP) is 2.59. The number of carbonyl (C=O) groups excluding carboxylic acids is 1. The fourth-order valence-corrected chi connectivity index (χ4v) is 1.79. The molecule has 1 atom stereocenters. The highest BCUT2D eigenvalue weighted by atomic mass is 16.3. The first-order chi connectivity index (χ1) is 7.64. The standard InChI is InChI=1S/C14H21NO2/c1-8-6-10(9(2)13(15)17)7-11(12(8)16)14(3,4)5/h6-7,9,16H,1-5H3,(H2,15,17). The lowest BCUT2D eigenvalue weighted by atomic mass is 9.82. The van der Waals surface area contributed by atoms with Gasteiger partial charge in [0.2, 0.25) is 5.91 Å². The van der Waals surface area contributed by atoms with E-state index in [1.165, 1.54) is 0 Å². The number of nitrogens with two attached hydrogens (primary N) is 1. The van der Waals surface area contributed by atoms with Crippen molar-refractivity contribution in [3.05, 3.63) is 28.8 Å². The summed E-state index contributed by atoms with van der Waals surface area (Å²) in [6.07, 6.45) is 0. The molecule has 0 fully saturated rings. The Morgan fingerprint density at radius 1 is 1.35 bits per heavy atom. The lowest BCUT2D eigenvalue weighted by molar-refractivity contribution is -0.119. The Balaban J connectivity index is 3.39. The fraction of sp³-hybridized carbons (Fsp3) is 0.500. The normalized spacial score (nSPS) is 13.5. The average Bonchev–Trinajstić information content (AvgIpc) is 2.18. The van der Waals surface area contributed by atoms with Gasteiger partial charge < -0.3 is 10.8 Å². The van der Waals surface area contributed by atoms with Crippen molar-refractivity contribution >= 4 is 5.91 Å². The molecule has 0 heterocycles. The van der Waals surface area contributed by atoms with E-state index in [1.807, 2.05) is 39.8 Å². The maximum Gasteiger partial charge on any atom is 0.224 e. The fourth-order valence-electron chi connectivity index (χ4n) is 1.79. The van der Waals surface area contributed by atoms with Crippen molar-refractivity contribution in [1.82, 2.24) is 0 Å². The minimum absolute atomic E-state index is 0.164. The summed E-state index contributed by atoms with van der Waals surface area (Å²) in [5, 5.41) is 10.1. The minimum Gasteiger partial charge on any atom is -0.507 e. The number of primary amides is 1. The number of carbonyl (C=O) groups is 1. The van der Waals surface area contributed by atoms with Crippen molar-refractivity contribution in [3.8, 4) is 5.75 Å². The third-order valence-electron chi connectivity index (χ3n) is 3.06. The Bertz CT molecular complexity index is 444. The molecule has 0 saturated carbocycles. The van der Waals surface area contributed by atoms with Crippen LogP contribution in [0.25, 0.3) is 0 Å². The highest BCUT2D eigenvalue weighted by Gasteiger charge is 2.22. The van der Waals surface area contributed by atoms with Crippen molar-refractivity contribution in [2.75, 3.05) is 0 Å². The van der Waals surface area contributed by atoms with Crippen LogP contribution in [0.3, 0.4) is 0 Å². The molecule has 1 aromatic carbocycles. The van der Waals surface area contributed by atoms with Gasteiger partial charge in [-0.1, -0.05) is 32.9 Å². The first kappa shape index (κ1) is 13.6. The van der Waals surface area contributed by atoms with Crippen LogP contribution in [0.15, 0.2) is 12.1 Å². The van der Waals surface area contributed by atoms with Crippen molar-refractivity contribution in [1.29, 1.82) is 0 Å². The van der Waals surface area contributed by atoms with Gasteiger partial charge in [0, 0.05) is 0 Å². The molecule has 1 rings (SSSR count). The molecule has 1 amide bonds. The summed E-state index contributed by atoms with van der Waals surface area (Å²) >= 11 is 0. The Morgan fingerprint density at radius 2 is 1.88 bits per heavy atom. The van der Waals surface area contributed by atoms with Crippen LogP contribution in [0.1, 0.15) is 50.3 Å². The van der Waals surface area contributed by atoms with E-state index in [4.69, 9.17) is 5.73 Å². The zero-order chi connectivity index (χ0) is 13.4. The molecule has 0 aliphatic carbocycles. The predicted molar refractivity (Wildman–Crippen MR) is 69.2 cm³/mol. The maximum absolute atomic E-state index is 11.2. The van der Waals surface area contributed by atoms with Crippen LogP contribution in [0, 0.1) is 6.92 Å². The topological polar surface area (TPSA) is 63.3 Å². The van der Waals surface area contributed by atoms with E-state index < -0.39 is 0 Å². The van der Waals surface area contributed by atoms with Crippen molar-refractivity contribution in [2.24, 2.45) is 5.73 Å². The summed E-state index contributed by atoms with van der Waals surface area (Å²) in [4.78, 5) is 11.2. The van der Waals surface area contributed by atoms with Gasteiger partial charge in [-0.3, -0.25) is 4.79 Å². The number of hydrogen-bond acceptors (Lipinski definition) is 2. The molecule has 94 valence electrons. The Morgan fingerprint density at radius 3 is 2.29 bits per heavy atom. The molecule has 17 heavy (non-hydrogen) atoms. The van der Waals surface area contributed by atoms with Gasteiger partial charge in [0.15, 0.2) is 0 Å². The zero-order valence-corrected chi connectivity index (χ0v) is 11.2. The maximum atomic E-state index is 11.2. The lowest BCUT2D eigenvalue weighted by Gasteiger charge is -2.23. The van der Waals surface area contributed by atoms with Gasteiger partial charge in [-0.25, -0.2) is 0 Å². The lowest BCUT2D eigenvalue weighted by Crippen LogP contribution is -2.20. The Hall–Kier alpha value is -1.51. The third kappa shape index (κ3) is 2.78. The first-order valence-corrected chi connectivity index (χ1v) is 5.78. The molecule has 1 unspecified atom stereocenters. The quantitative estimate of drug-likeness (QED) is 0.827.